The van der Waals surface area contributed by atoms with Crippen molar-refractivity contribution in [2.24, 2.45) is 0 Å². The van der Waals surface area contributed by atoms with Crippen LogP contribution in [0.4, 0.5) is 0 Å². The van der Waals surface area contributed by atoms with Gasteiger partial charge in [0, 0.05) is 0 Å². The van der Waals surface area contributed by atoms with Gasteiger partial charge < -0.3 is 58.8 Å². The monoisotopic (exact) mass is 599 g/mol. The van der Waals surface area contributed by atoms with Gasteiger partial charge in [-0.05, 0) is 12.8 Å². The zero-order chi connectivity index (χ0) is 28.4. The second-order valence-corrected chi connectivity index (χ2v) is 14.5. The lowest BCUT2D eigenvalue weighted by atomic mass is 10.2. The van der Waals surface area contributed by atoms with E-state index in [-0.39, 0.29) is 26.1 Å². The summed E-state index contributed by atoms with van der Waals surface area (Å²) in [6, 6.07) is 0. The van der Waals surface area contributed by atoms with Crippen LogP contribution < -0.4 is 5.32 Å². The summed E-state index contributed by atoms with van der Waals surface area (Å²) in [6.07, 6.45) is -4.02. The van der Waals surface area contributed by atoms with Crippen molar-refractivity contribution in [1.29, 1.82) is 0 Å². The lowest BCUT2D eigenvalue weighted by molar-refractivity contribution is -0.165. The molecule has 0 heterocycles. The fourth-order valence-corrected chi connectivity index (χ4v) is 8.29. The molecule has 210 valence electrons. The van der Waals surface area contributed by atoms with Crippen LogP contribution in [0.15, 0.2) is 0 Å². The zero-order valence-electron chi connectivity index (χ0n) is 18.2. The van der Waals surface area contributed by atoms with E-state index in [1.807, 2.05) is 0 Å². The fraction of sp³-hybridized carbons (Fsp3) is 0.833. The number of aliphatic carboxylic acids is 2. The van der Waals surface area contributed by atoms with E-state index in [0.717, 1.165) is 0 Å². The molecule has 0 aliphatic heterocycles. The second kappa shape index (κ2) is 15.0. The molecule has 11 N–H and O–H groups in total. The predicted molar refractivity (Wildman–Crippen MR) is 114 cm³/mol. The van der Waals surface area contributed by atoms with Gasteiger partial charge in [-0.2, -0.15) is 0 Å². The minimum atomic E-state index is -5.59. The zero-order valence-corrected chi connectivity index (χ0v) is 21.7. The number of rotatable bonds is 15. The van der Waals surface area contributed by atoms with E-state index in [2.05, 4.69) is 0 Å². The molecule has 3 atom stereocenters. The highest BCUT2D eigenvalue weighted by atomic mass is 31.2. The van der Waals surface area contributed by atoms with Crippen molar-refractivity contribution in [3.63, 3.8) is 0 Å². The summed E-state index contributed by atoms with van der Waals surface area (Å²) in [5, 5.41) is 34.0. The van der Waals surface area contributed by atoms with Crippen molar-refractivity contribution in [2.75, 3.05) is 13.2 Å². The summed E-state index contributed by atoms with van der Waals surface area (Å²) in [7, 11) is -21.4. The van der Waals surface area contributed by atoms with E-state index in [1.165, 1.54) is 5.32 Å². The Bertz CT molecular complexity index is 825. The Labute approximate surface area is 198 Å². The quantitative estimate of drug-likeness (QED) is 0.0964. The van der Waals surface area contributed by atoms with Crippen molar-refractivity contribution >= 4 is 42.3 Å². The average molecular weight is 599 g/mol. The Kier molecular flexibility index (Phi) is 15.7. The molecule has 19 nitrogen and oxygen atoms in total. The smallest absolute Gasteiger partial charge is 0.359 e. The van der Waals surface area contributed by atoms with Crippen molar-refractivity contribution in [3.8, 4) is 0 Å². The highest BCUT2D eigenvalue weighted by Gasteiger charge is 2.54. The molecule has 0 aromatic carbocycles. The molecule has 0 saturated heterocycles. The summed E-state index contributed by atoms with van der Waals surface area (Å²) in [4.78, 5) is 74.7. The Morgan fingerprint density at radius 3 is 1.17 bits per heavy atom. The van der Waals surface area contributed by atoms with Crippen molar-refractivity contribution in [1.82, 2.24) is 5.32 Å². The number of nitrogens with one attached hydrogen (secondary N) is 1. The highest BCUT2D eigenvalue weighted by molar-refractivity contribution is 7.73. The first-order valence-electron chi connectivity index (χ1n) is 9.18. The van der Waals surface area contributed by atoms with Gasteiger partial charge in [-0.15, -0.1) is 0 Å². The van der Waals surface area contributed by atoms with Crippen LogP contribution in [0.1, 0.15) is 26.7 Å². The van der Waals surface area contributed by atoms with Gasteiger partial charge in [-0.25, -0.2) is 9.59 Å². The number of hydrogen-bond donors (Lipinski definition) is 11. The molecule has 0 radical (unpaired) electrons. The third kappa shape index (κ3) is 13.5. The largest absolute Gasteiger partial charge is 0.479 e. The highest BCUT2D eigenvalue weighted by Crippen LogP contribution is 2.68. The van der Waals surface area contributed by atoms with E-state index in [0.29, 0.717) is 0 Å². The Balaban J connectivity index is 0. The second-order valence-electron chi connectivity index (χ2n) is 6.45. The summed E-state index contributed by atoms with van der Waals surface area (Å²) < 4.78 is 56.8. The Hall–Kier alpha value is -0.580. The van der Waals surface area contributed by atoms with Crippen LogP contribution in [-0.4, -0.2) is 98.2 Å². The van der Waals surface area contributed by atoms with Gasteiger partial charge in [0.15, 0.2) is 12.2 Å². The van der Waals surface area contributed by atoms with Crippen molar-refractivity contribution in [2.45, 2.75) is 49.9 Å². The van der Waals surface area contributed by atoms with E-state index < -0.39 is 65.6 Å². The maximum absolute atomic E-state index is 12.8. The first kappa shape index (κ1) is 36.6. The standard InChI is InChI=1S/C8H23NO12P4.C4H6O6/c1-3-5-20-25(19,21-6-4-2)8(24(16,17)18)9-7(22(10,11)12)23(13,14)15;5-1(3(7)8)2(6)4(9)10/h7-9H,3-6H2,1-2H3,(H2,10,11,12)(H2,13,14,15)(H2,16,17,18);1-2,5-6H,(H,7,8)(H,9,10). The molecule has 23 heteroatoms. The number of aliphatic hydroxyl groups is 2. The SMILES string of the molecule is CCCOP(=O)(OCCC)C(NC(P(=O)(O)O)P(=O)(O)O)P(=O)(O)O.O=C(O)C(O)C(O)C(=O)O. The summed E-state index contributed by atoms with van der Waals surface area (Å²) in [6.45, 7) is 2.60. The number of aliphatic hydroxyl groups excluding tert-OH is 2. The third-order valence-electron chi connectivity index (χ3n) is 3.31. The predicted octanol–water partition coefficient (Wildman–Crippen LogP) is -1.40. The Morgan fingerprint density at radius 2 is 0.971 bits per heavy atom. The lowest BCUT2D eigenvalue weighted by Gasteiger charge is -2.31. The van der Waals surface area contributed by atoms with Gasteiger partial charge >= 0.3 is 42.3 Å². The molecule has 0 amide bonds. The molecule has 35 heavy (non-hydrogen) atoms. The average Bonchev–Trinajstić information content (AvgIpc) is 2.67. The summed E-state index contributed by atoms with van der Waals surface area (Å²) in [5.74, 6) is -3.54. The first-order chi connectivity index (χ1) is 15.6. The topological polar surface area (TPSA) is 335 Å². The van der Waals surface area contributed by atoms with Crippen LogP contribution in [0.2, 0.25) is 0 Å². The fourth-order valence-electron chi connectivity index (χ4n) is 1.78. The number of carbonyl (C=O) groups is 2. The van der Waals surface area contributed by atoms with Crippen LogP contribution in [0.25, 0.3) is 0 Å². The molecule has 3 unspecified atom stereocenters. The van der Waals surface area contributed by atoms with Crippen molar-refractivity contribution in [3.05, 3.63) is 0 Å². The molecular formula is C12H29NO18P4. The molecule has 0 aliphatic rings. The van der Waals surface area contributed by atoms with Gasteiger partial charge in [-0.1, -0.05) is 13.8 Å². The van der Waals surface area contributed by atoms with Crippen LogP contribution in [0, 0.1) is 0 Å². The van der Waals surface area contributed by atoms with E-state index in [9.17, 15) is 37.6 Å². The maximum Gasteiger partial charge on any atom is 0.359 e. The van der Waals surface area contributed by atoms with Crippen LogP contribution in [-0.2, 0) is 36.9 Å². The number of carboxylic acids is 2. The molecule has 0 rings (SSSR count). The molecular weight excluding hydrogens is 570 g/mol. The lowest BCUT2D eigenvalue weighted by Crippen LogP contribution is -2.39. The third-order valence-corrected chi connectivity index (χ3v) is 11.1. The van der Waals surface area contributed by atoms with Crippen LogP contribution >= 0.6 is 30.4 Å². The molecule has 0 aromatic rings. The minimum Gasteiger partial charge on any atom is -0.479 e. The minimum absolute atomic E-state index is 0.258. The van der Waals surface area contributed by atoms with E-state index in [1.54, 1.807) is 13.8 Å². The normalized spacial score (nSPS) is 15.6. The number of hydrogen-bond acceptors (Lipinski definition) is 11. The molecule has 0 fully saturated rings. The van der Waals surface area contributed by atoms with Gasteiger partial charge in [0.2, 0.25) is 11.0 Å². The Morgan fingerprint density at radius 1 is 0.686 bits per heavy atom. The molecule has 0 aromatic heterocycles. The molecule has 0 bridgehead atoms. The molecule has 0 aliphatic carbocycles. The summed E-state index contributed by atoms with van der Waals surface area (Å²) in [5.41, 5.74) is -5.68. The van der Waals surface area contributed by atoms with Crippen molar-refractivity contribution < 1.29 is 86.7 Å². The summed E-state index contributed by atoms with van der Waals surface area (Å²) >= 11 is 0. The van der Waals surface area contributed by atoms with Gasteiger partial charge in [0.1, 0.15) is 0 Å². The van der Waals surface area contributed by atoms with Crippen LogP contribution in [0.3, 0.4) is 0 Å². The number of carboxylic acid groups (broad SMARTS) is 2. The first-order valence-corrected chi connectivity index (χ1v) is 15.8. The molecule has 0 saturated carbocycles. The van der Waals surface area contributed by atoms with Gasteiger partial charge in [0.25, 0.3) is 0 Å². The maximum atomic E-state index is 12.8. The van der Waals surface area contributed by atoms with Gasteiger partial charge in [0.05, 0.1) is 13.2 Å². The molecule has 0 spiro atoms. The van der Waals surface area contributed by atoms with Crippen LogP contribution in [0.5, 0.6) is 0 Å². The van der Waals surface area contributed by atoms with E-state index >= 15 is 0 Å². The van der Waals surface area contributed by atoms with Gasteiger partial charge in [-0.3, -0.25) is 23.6 Å². The van der Waals surface area contributed by atoms with E-state index in [4.69, 9.17) is 49.0 Å².